The monoisotopic (exact) mass is 485 g/mol. The van der Waals surface area contributed by atoms with E-state index in [-0.39, 0.29) is 27.6 Å². The number of benzene rings is 3. The van der Waals surface area contributed by atoms with E-state index >= 15 is 0 Å². The van der Waals surface area contributed by atoms with E-state index in [1.54, 1.807) is 0 Å². The Balaban J connectivity index is 1.98. The molecule has 1 fully saturated rings. The second-order valence-electron chi connectivity index (χ2n) is 7.38. The summed E-state index contributed by atoms with van der Waals surface area (Å²) in [6.45, 7) is 0. The van der Waals surface area contributed by atoms with Gasteiger partial charge >= 0.3 is 0 Å². The number of anilines is 1. The average Bonchev–Trinajstić information content (AvgIpc) is 3.09. The summed E-state index contributed by atoms with van der Waals surface area (Å²) in [5, 5.41) is 11.3. The van der Waals surface area contributed by atoms with Gasteiger partial charge in [0.1, 0.15) is 28.9 Å². The predicted octanol–water partition coefficient (Wildman–Crippen LogP) is 5.26. The van der Waals surface area contributed by atoms with E-state index in [4.69, 9.17) is 21.1 Å². The molecule has 0 radical (unpaired) electrons. The number of aliphatic hydroxyl groups is 1. The molecule has 0 spiro atoms. The summed E-state index contributed by atoms with van der Waals surface area (Å²) in [5.74, 6) is -3.36. The SMILES string of the molecule is COc1ccc(N2C(=O)C(=O)/C(=C(/O)c3cc(F)ccc3OC)C2c2ccc(F)cc2)cc1Cl. The van der Waals surface area contributed by atoms with E-state index in [2.05, 4.69) is 0 Å². The third-order valence-corrected chi connectivity index (χ3v) is 5.76. The fourth-order valence-corrected chi connectivity index (χ4v) is 4.13. The van der Waals surface area contributed by atoms with Gasteiger partial charge in [-0.2, -0.15) is 0 Å². The minimum Gasteiger partial charge on any atom is -0.507 e. The van der Waals surface area contributed by atoms with Gasteiger partial charge in [0, 0.05) is 5.69 Å². The van der Waals surface area contributed by atoms with Gasteiger partial charge in [-0.05, 0) is 54.1 Å². The number of methoxy groups -OCH3 is 2. The lowest BCUT2D eigenvalue weighted by Gasteiger charge is -2.26. The van der Waals surface area contributed by atoms with Crippen molar-refractivity contribution in [2.75, 3.05) is 19.1 Å². The lowest BCUT2D eigenvalue weighted by atomic mass is 9.94. The number of amides is 1. The molecule has 0 aliphatic carbocycles. The van der Waals surface area contributed by atoms with Gasteiger partial charge in [-0.15, -0.1) is 0 Å². The number of ketones is 1. The number of carbonyl (C=O) groups is 2. The standard InChI is InChI=1S/C25H18ClF2NO5/c1-33-19-9-7-15(28)11-17(19)23(30)21-22(13-3-5-14(27)6-4-13)29(25(32)24(21)31)16-8-10-20(34-2)18(26)12-16/h3-12,22,30H,1-2H3/b23-21+. The molecule has 1 amide bonds. The molecule has 0 bridgehead atoms. The first kappa shape index (κ1) is 23.3. The maximum Gasteiger partial charge on any atom is 0.300 e. The summed E-state index contributed by atoms with van der Waals surface area (Å²) in [6, 6.07) is 11.8. The lowest BCUT2D eigenvalue weighted by molar-refractivity contribution is -0.132. The molecule has 1 saturated heterocycles. The fraction of sp³-hybridized carbons (Fsp3) is 0.120. The number of ether oxygens (including phenoxy) is 2. The number of aliphatic hydroxyl groups excluding tert-OH is 1. The van der Waals surface area contributed by atoms with Gasteiger partial charge in [-0.1, -0.05) is 23.7 Å². The van der Waals surface area contributed by atoms with E-state index in [9.17, 15) is 23.5 Å². The Hall–Kier alpha value is -3.91. The molecule has 3 aromatic carbocycles. The largest absolute Gasteiger partial charge is 0.507 e. The van der Waals surface area contributed by atoms with Gasteiger partial charge in [0.2, 0.25) is 0 Å². The van der Waals surface area contributed by atoms with Crippen molar-refractivity contribution in [1.82, 2.24) is 0 Å². The highest BCUT2D eigenvalue weighted by Gasteiger charge is 2.47. The molecule has 0 aromatic heterocycles. The second kappa shape index (κ2) is 9.15. The Bertz CT molecular complexity index is 1320. The number of carbonyl (C=O) groups excluding carboxylic acids is 2. The van der Waals surface area contributed by atoms with Crippen molar-refractivity contribution in [3.05, 3.63) is 94.0 Å². The molecule has 1 aliphatic heterocycles. The topological polar surface area (TPSA) is 76.1 Å². The van der Waals surface area contributed by atoms with Gasteiger partial charge < -0.3 is 14.6 Å². The third kappa shape index (κ3) is 3.97. The Morgan fingerprint density at radius 1 is 0.912 bits per heavy atom. The van der Waals surface area contributed by atoms with Crippen LogP contribution < -0.4 is 14.4 Å². The summed E-state index contributed by atoms with van der Waals surface area (Å²) < 4.78 is 38.0. The van der Waals surface area contributed by atoms with Gasteiger partial charge in [0.05, 0.1) is 36.4 Å². The van der Waals surface area contributed by atoms with E-state index in [1.165, 1.54) is 62.8 Å². The van der Waals surface area contributed by atoms with E-state index in [1.807, 2.05) is 0 Å². The smallest absolute Gasteiger partial charge is 0.300 e. The first-order valence-electron chi connectivity index (χ1n) is 10.0. The van der Waals surface area contributed by atoms with Crippen LogP contribution in [0.1, 0.15) is 17.2 Å². The zero-order chi connectivity index (χ0) is 24.6. The maximum absolute atomic E-state index is 14.0. The predicted molar refractivity (Wildman–Crippen MR) is 122 cm³/mol. The Labute approximate surface area is 198 Å². The Kier molecular flexibility index (Phi) is 6.26. The summed E-state index contributed by atoms with van der Waals surface area (Å²) in [5.41, 5.74) is 0.157. The first-order valence-corrected chi connectivity index (χ1v) is 10.4. The molecule has 4 rings (SSSR count). The molecule has 174 valence electrons. The molecule has 0 saturated carbocycles. The summed E-state index contributed by atoms with van der Waals surface area (Å²) in [7, 11) is 2.75. The number of Topliss-reactive ketones (excluding diaryl/α,β-unsaturated/α-hetero) is 1. The fourth-order valence-electron chi connectivity index (χ4n) is 3.87. The molecule has 1 N–H and O–H groups in total. The zero-order valence-electron chi connectivity index (χ0n) is 18.0. The number of nitrogens with zero attached hydrogens (tertiary/aromatic N) is 1. The molecule has 1 heterocycles. The molecule has 1 unspecified atom stereocenters. The van der Waals surface area contributed by atoms with E-state index in [0.717, 1.165) is 17.0 Å². The summed E-state index contributed by atoms with van der Waals surface area (Å²) >= 11 is 6.24. The number of halogens is 3. The third-order valence-electron chi connectivity index (χ3n) is 5.46. The molecule has 3 aromatic rings. The average molecular weight is 486 g/mol. The normalized spacial score (nSPS) is 17.2. The van der Waals surface area contributed by atoms with Crippen LogP contribution >= 0.6 is 11.6 Å². The van der Waals surface area contributed by atoms with Crippen molar-refractivity contribution in [3.8, 4) is 11.5 Å². The van der Waals surface area contributed by atoms with Crippen LogP contribution in [0.25, 0.3) is 5.76 Å². The van der Waals surface area contributed by atoms with Crippen molar-refractivity contribution in [2.45, 2.75) is 6.04 Å². The second-order valence-corrected chi connectivity index (χ2v) is 7.79. The molecule has 1 aliphatic rings. The Morgan fingerprint density at radius 2 is 1.53 bits per heavy atom. The van der Waals surface area contributed by atoms with Crippen LogP contribution in [-0.4, -0.2) is 31.0 Å². The van der Waals surface area contributed by atoms with Crippen molar-refractivity contribution in [2.24, 2.45) is 0 Å². The molecule has 34 heavy (non-hydrogen) atoms. The highest BCUT2D eigenvalue weighted by molar-refractivity contribution is 6.52. The Morgan fingerprint density at radius 3 is 2.15 bits per heavy atom. The van der Waals surface area contributed by atoms with Crippen molar-refractivity contribution < 1.29 is 33.0 Å². The van der Waals surface area contributed by atoms with Crippen molar-refractivity contribution in [3.63, 3.8) is 0 Å². The summed E-state index contributed by atoms with van der Waals surface area (Å²) in [6.07, 6.45) is 0. The van der Waals surface area contributed by atoms with Gasteiger partial charge in [0.15, 0.2) is 0 Å². The lowest BCUT2D eigenvalue weighted by Crippen LogP contribution is -2.29. The van der Waals surface area contributed by atoms with Gasteiger partial charge in [-0.3, -0.25) is 14.5 Å². The van der Waals surface area contributed by atoms with Crippen LogP contribution in [0.5, 0.6) is 11.5 Å². The highest BCUT2D eigenvalue weighted by atomic mass is 35.5. The molecular weight excluding hydrogens is 468 g/mol. The zero-order valence-corrected chi connectivity index (χ0v) is 18.8. The summed E-state index contributed by atoms with van der Waals surface area (Å²) in [4.78, 5) is 27.5. The maximum atomic E-state index is 14.0. The first-order chi connectivity index (χ1) is 16.3. The van der Waals surface area contributed by atoms with Gasteiger partial charge in [-0.25, -0.2) is 8.78 Å². The van der Waals surface area contributed by atoms with Crippen LogP contribution in [0.4, 0.5) is 14.5 Å². The molecule has 1 atom stereocenters. The number of rotatable bonds is 5. The van der Waals surface area contributed by atoms with E-state index < -0.39 is 35.1 Å². The molecule has 6 nitrogen and oxygen atoms in total. The van der Waals surface area contributed by atoms with Crippen LogP contribution in [0.2, 0.25) is 5.02 Å². The van der Waals surface area contributed by atoms with Crippen molar-refractivity contribution >= 4 is 34.7 Å². The molecular formula is C25H18ClF2NO5. The van der Waals surface area contributed by atoms with Crippen LogP contribution in [0.15, 0.2) is 66.2 Å². The van der Waals surface area contributed by atoms with Crippen LogP contribution in [0.3, 0.4) is 0 Å². The number of hydrogen-bond acceptors (Lipinski definition) is 5. The van der Waals surface area contributed by atoms with Gasteiger partial charge in [0.25, 0.3) is 11.7 Å². The van der Waals surface area contributed by atoms with Crippen molar-refractivity contribution in [1.29, 1.82) is 0 Å². The van der Waals surface area contributed by atoms with Crippen LogP contribution in [-0.2, 0) is 9.59 Å². The van der Waals surface area contributed by atoms with E-state index in [0.29, 0.717) is 11.3 Å². The quantitative estimate of drug-likeness (QED) is 0.303. The number of hydrogen-bond donors (Lipinski definition) is 1. The molecule has 9 heteroatoms. The minimum absolute atomic E-state index is 0.0930. The van der Waals surface area contributed by atoms with Crippen LogP contribution in [0, 0.1) is 11.6 Å². The highest BCUT2D eigenvalue weighted by Crippen LogP contribution is 2.44. The minimum atomic E-state index is -1.15.